The summed E-state index contributed by atoms with van der Waals surface area (Å²) in [5.74, 6) is 0.324. The minimum absolute atomic E-state index is 0.115. The number of halogens is 2. The number of aryl methyl sites for hydroxylation is 1. The minimum Gasteiger partial charge on any atom is -0.359 e. The Morgan fingerprint density at radius 1 is 1.25 bits per heavy atom. The fraction of sp³-hybridized carbons (Fsp3) is 0.304. The molecule has 5 rings (SSSR count). The van der Waals surface area contributed by atoms with Gasteiger partial charge in [-0.15, -0.1) is 0 Å². The number of hydrogen-bond acceptors (Lipinski definition) is 5. The first-order valence-electron chi connectivity index (χ1n) is 10.6. The summed E-state index contributed by atoms with van der Waals surface area (Å²) >= 11 is 0. The molecule has 1 aliphatic rings. The molecule has 1 aromatic carbocycles. The molecule has 7 nitrogen and oxygen atoms in total. The zero-order valence-corrected chi connectivity index (χ0v) is 17.4. The van der Waals surface area contributed by atoms with Crippen molar-refractivity contribution in [3.63, 3.8) is 0 Å². The summed E-state index contributed by atoms with van der Waals surface area (Å²) in [5, 5.41) is 8.11. The lowest BCUT2D eigenvalue weighted by Crippen LogP contribution is -2.30. The second-order valence-corrected chi connectivity index (χ2v) is 7.76. The predicted molar refractivity (Wildman–Crippen MR) is 112 cm³/mol. The maximum Gasteiger partial charge on any atom is 0.280 e. The van der Waals surface area contributed by atoms with Gasteiger partial charge in [0.2, 0.25) is 0 Å². The van der Waals surface area contributed by atoms with Crippen molar-refractivity contribution in [2.45, 2.75) is 38.7 Å². The topological polar surface area (TPSA) is 76.5 Å². The summed E-state index contributed by atoms with van der Waals surface area (Å²) in [6.45, 7) is 2.51. The van der Waals surface area contributed by atoms with Gasteiger partial charge < -0.3 is 9.42 Å². The molecule has 4 heterocycles. The van der Waals surface area contributed by atoms with Crippen molar-refractivity contribution in [2.75, 3.05) is 6.54 Å². The van der Waals surface area contributed by atoms with Crippen molar-refractivity contribution < 1.29 is 18.1 Å². The normalized spacial score (nSPS) is 16.4. The van der Waals surface area contributed by atoms with Crippen LogP contribution in [0.3, 0.4) is 0 Å². The lowest BCUT2D eigenvalue weighted by atomic mass is 10.1. The highest BCUT2D eigenvalue weighted by Gasteiger charge is 2.35. The van der Waals surface area contributed by atoms with Crippen LogP contribution in [0.2, 0.25) is 0 Å². The Kier molecular flexibility index (Phi) is 5.16. The number of nitrogens with zero attached hydrogens (tertiary/aromatic N) is 5. The van der Waals surface area contributed by atoms with Gasteiger partial charge in [-0.2, -0.15) is 5.10 Å². The highest BCUT2D eigenvalue weighted by Crippen LogP contribution is 2.35. The Morgan fingerprint density at radius 3 is 2.78 bits per heavy atom. The van der Waals surface area contributed by atoms with Gasteiger partial charge in [-0.05, 0) is 25.3 Å². The predicted octanol–water partition coefficient (Wildman–Crippen LogP) is 4.86. The lowest BCUT2D eigenvalue weighted by molar-refractivity contribution is 0.0716. The van der Waals surface area contributed by atoms with Crippen LogP contribution in [0.4, 0.5) is 8.78 Å². The number of rotatable bonds is 5. The van der Waals surface area contributed by atoms with Crippen LogP contribution in [0.25, 0.3) is 16.9 Å². The van der Waals surface area contributed by atoms with Crippen LogP contribution < -0.4 is 0 Å². The van der Waals surface area contributed by atoms with Crippen molar-refractivity contribution in [3.05, 3.63) is 71.4 Å². The molecule has 0 radical (unpaired) electrons. The van der Waals surface area contributed by atoms with Gasteiger partial charge in [0.1, 0.15) is 11.3 Å². The molecule has 4 aromatic rings. The zero-order chi connectivity index (χ0) is 22.2. The molecule has 0 aliphatic carbocycles. The molecule has 0 spiro atoms. The largest absolute Gasteiger partial charge is 0.359 e. The highest BCUT2D eigenvalue weighted by molar-refractivity contribution is 6.00. The molecule has 1 atom stereocenters. The van der Waals surface area contributed by atoms with Crippen LogP contribution in [-0.2, 0) is 6.42 Å². The minimum atomic E-state index is -2.77. The monoisotopic (exact) mass is 437 g/mol. The first-order chi connectivity index (χ1) is 15.6. The number of fused-ring (bicyclic) bond motifs is 1. The number of carbonyl (C=O) groups excluding carboxylic acids is 1. The van der Waals surface area contributed by atoms with Crippen molar-refractivity contribution in [1.29, 1.82) is 0 Å². The van der Waals surface area contributed by atoms with E-state index in [9.17, 15) is 13.6 Å². The number of hydrogen-bond donors (Lipinski definition) is 0. The fourth-order valence-electron chi connectivity index (χ4n) is 4.16. The number of amides is 1. The number of aromatic nitrogens is 4. The van der Waals surface area contributed by atoms with Crippen molar-refractivity contribution >= 4 is 11.6 Å². The summed E-state index contributed by atoms with van der Waals surface area (Å²) in [7, 11) is 0. The van der Waals surface area contributed by atoms with Crippen LogP contribution >= 0.6 is 0 Å². The molecular weight excluding hydrogens is 416 g/mol. The molecule has 9 heteroatoms. The van der Waals surface area contributed by atoms with Crippen molar-refractivity contribution in [1.82, 2.24) is 24.7 Å². The Morgan fingerprint density at radius 2 is 2.06 bits per heavy atom. The van der Waals surface area contributed by atoms with Crippen LogP contribution in [-0.4, -0.2) is 37.1 Å². The van der Waals surface area contributed by atoms with Gasteiger partial charge in [0.05, 0.1) is 23.6 Å². The summed E-state index contributed by atoms with van der Waals surface area (Å²) in [6, 6.07) is 12.0. The standard InChI is InChI=1S/C23H21F2N5O2/c1-2-15-11-20(32-28-15)18-9-6-10-29(18)23(31)16-13-26-30-19(21(24)25)12-17(27-22(16)30)14-7-4-3-5-8-14/h3-5,7-8,11-13,18,21H,2,6,9-10H2,1H3/t18-/m1/s1. The molecule has 1 aliphatic heterocycles. The Hall–Kier alpha value is -3.62. The molecule has 1 amide bonds. The molecule has 3 aromatic heterocycles. The van der Waals surface area contributed by atoms with E-state index in [1.54, 1.807) is 17.0 Å². The Balaban J connectivity index is 1.57. The Bertz CT molecular complexity index is 1270. The summed E-state index contributed by atoms with van der Waals surface area (Å²) in [5.41, 5.74) is 1.86. The van der Waals surface area contributed by atoms with Crippen molar-refractivity contribution in [3.8, 4) is 11.3 Å². The lowest BCUT2D eigenvalue weighted by Gasteiger charge is -2.22. The maximum absolute atomic E-state index is 13.8. The van der Waals surface area contributed by atoms with Gasteiger partial charge in [-0.1, -0.05) is 42.4 Å². The fourth-order valence-corrected chi connectivity index (χ4v) is 4.16. The van der Waals surface area contributed by atoms with E-state index in [4.69, 9.17) is 4.52 Å². The number of likely N-dealkylation sites (tertiary alicyclic amines) is 1. The molecule has 1 saturated heterocycles. The van der Waals surface area contributed by atoms with E-state index < -0.39 is 6.43 Å². The van der Waals surface area contributed by atoms with Gasteiger partial charge in [-0.25, -0.2) is 18.3 Å². The number of alkyl halides is 2. The van der Waals surface area contributed by atoms with Crippen molar-refractivity contribution in [2.24, 2.45) is 0 Å². The Labute approximate surface area is 182 Å². The van der Waals surface area contributed by atoms with Gasteiger partial charge in [0, 0.05) is 18.2 Å². The first-order valence-corrected chi connectivity index (χ1v) is 10.6. The third kappa shape index (κ3) is 3.43. The molecule has 0 bridgehead atoms. The van der Waals surface area contributed by atoms with E-state index >= 15 is 0 Å². The van der Waals surface area contributed by atoms with Gasteiger partial charge in [0.15, 0.2) is 11.4 Å². The number of carbonyl (C=O) groups is 1. The van der Waals surface area contributed by atoms with E-state index in [0.717, 1.165) is 29.5 Å². The van der Waals surface area contributed by atoms with Crippen LogP contribution in [0.15, 0.2) is 53.2 Å². The summed E-state index contributed by atoms with van der Waals surface area (Å²) in [6.07, 6.45) is 0.836. The molecule has 0 N–H and O–H groups in total. The average molecular weight is 437 g/mol. The second-order valence-electron chi connectivity index (χ2n) is 7.76. The van der Waals surface area contributed by atoms with E-state index in [-0.39, 0.29) is 28.9 Å². The van der Waals surface area contributed by atoms with E-state index in [0.29, 0.717) is 23.6 Å². The maximum atomic E-state index is 13.8. The zero-order valence-electron chi connectivity index (χ0n) is 17.4. The quantitative estimate of drug-likeness (QED) is 0.446. The third-order valence-corrected chi connectivity index (χ3v) is 5.80. The summed E-state index contributed by atoms with van der Waals surface area (Å²) in [4.78, 5) is 19.7. The molecular formula is C23H21F2N5O2. The van der Waals surface area contributed by atoms with Crippen LogP contribution in [0, 0.1) is 0 Å². The SMILES string of the molecule is CCc1cc([C@H]2CCCN2C(=O)c2cnn3c(C(F)F)cc(-c4ccccc4)nc23)on1. The van der Waals surface area contributed by atoms with Crippen LogP contribution in [0.5, 0.6) is 0 Å². The smallest absolute Gasteiger partial charge is 0.280 e. The molecule has 1 fully saturated rings. The van der Waals surface area contributed by atoms with E-state index in [1.165, 1.54) is 12.3 Å². The average Bonchev–Trinajstić information content (AvgIpc) is 3.57. The molecule has 0 unspecified atom stereocenters. The first kappa shape index (κ1) is 20.3. The van der Waals surface area contributed by atoms with Gasteiger partial charge in [0.25, 0.3) is 12.3 Å². The molecule has 0 saturated carbocycles. The van der Waals surface area contributed by atoms with Crippen LogP contribution in [0.1, 0.15) is 59.7 Å². The summed E-state index contributed by atoms with van der Waals surface area (Å²) < 4.78 is 34.2. The van der Waals surface area contributed by atoms with Gasteiger partial charge >= 0.3 is 0 Å². The highest BCUT2D eigenvalue weighted by atomic mass is 19.3. The van der Waals surface area contributed by atoms with E-state index in [1.807, 2.05) is 31.2 Å². The van der Waals surface area contributed by atoms with Gasteiger partial charge in [-0.3, -0.25) is 4.79 Å². The molecule has 164 valence electrons. The third-order valence-electron chi connectivity index (χ3n) is 5.80. The second kappa shape index (κ2) is 8.14. The molecule has 32 heavy (non-hydrogen) atoms. The van der Waals surface area contributed by atoms with E-state index in [2.05, 4.69) is 15.2 Å². The number of benzene rings is 1.